The number of rotatable bonds is 5. The third kappa shape index (κ3) is 3.93. The first-order chi connectivity index (χ1) is 9.53. The van der Waals surface area contributed by atoms with Gasteiger partial charge in [0.05, 0.1) is 0 Å². The summed E-state index contributed by atoms with van der Waals surface area (Å²) in [7, 11) is -3.49. The van der Waals surface area contributed by atoms with Crippen molar-refractivity contribution in [2.24, 2.45) is 5.92 Å². The van der Waals surface area contributed by atoms with Crippen molar-refractivity contribution in [1.82, 2.24) is 9.03 Å². The second-order valence-electron chi connectivity index (χ2n) is 4.94. The molecule has 1 fully saturated rings. The first-order valence-electron chi connectivity index (χ1n) is 6.62. The van der Waals surface area contributed by atoms with Gasteiger partial charge in [-0.2, -0.15) is 17.4 Å². The predicted molar refractivity (Wildman–Crippen MR) is 78.6 cm³/mol. The third-order valence-corrected chi connectivity index (χ3v) is 5.50. The Bertz CT molecular complexity index is 542. The zero-order valence-electron chi connectivity index (χ0n) is 11.1. The van der Waals surface area contributed by atoms with Gasteiger partial charge in [0.15, 0.2) is 0 Å². The molecule has 1 aromatic rings. The van der Waals surface area contributed by atoms with Gasteiger partial charge in [0.25, 0.3) is 10.2 Å². The summed E-state index contributed by atoms with van der Waals surface area (Å²) >= 11 is 6.00. The number of nitrogens with zero attached hydrogens (tertiary/aromatic N) is 1. The average Bonchev–Trinajstić information content (AvgIpc) is 2.46. The molecule has 0 radical (unpaired) electrons. The van der Waals surface area contributed by atoms with Gasteiger partial charge in [-0.3, -0.25) is 0 Å². The summed E-state index contributed by atoms with van der Waals surface area (Å²) < 4.78 is 28.3. The van der Waals surface area contributed by atoms with Crippen LogP contribution >= 0.6 is 11.6 Å². The highest BCUT2D eigenvalue weighted by molar-refractivity contribution is 7.87. The summed E-state index contributed by atoms with van der Waals surface area (Å²) in [6.45, 7) is 1.20. The lowest BCUT2D eigenvalue weighted by Crippen LogP contribution is -2.45. The molecule has 1 aliphatic rings. The van der Waals surface area contributed by atoms with E-state index in [2.05, 4.69) is 4.72 Å². The van der Waals surface area contributed by atoms with Crippen molar-refractivity contribution in [2.75, 3.05) is 19.7 Å². The van der Waals surface area contributed by atoms with E-state index in [1.54, 1.807) is 18.2 Å². The van der Waals surface area contributed by atoms with Crippen LogP contribution in [0.4, 0.5) is 0 Å². The molecule has 0 bridgehead atoms. The minimum Gasteiger partial charge on any atom is -0.396 e. The molecule has 0 spiro atoms. The van der Waals surface area contributed by atoms with Crippen LogP contribution in [-0.4, -0.2) is 37.5 Å². The van der Waals surface area contributed by atoms with Crippen molar-refractivity contribution in [1.29, 1.82) is 0 Å². The number of halogens is 1. The molecule has 112 valence electrons. The maximum Gasteiger partial charge on any atom is 0.279 e. The molecule has 0 amide bonds. The van der Waals surface area contributed by atoms with E-state index in [-0.39, 0.29) is 19.1 Å². The van der Waals surface area contributed by atoms with Gasteiger partial charge >= 0.3 is 0 Å². The molecule has 2 rings (SSSR count). The van der Waals surface area contributed by atoms with E-state index in [1.807, 2.05) is 6.07 Å². The average molecular weight is 319 g/mol. The Morgan fingerprint density at radius 1 is 1.30 bits per heavy atom. The van der Waals surface area contributed by atoms with Crippen molar-refractivity contribution in [2.45, 2.75) is 19.4 Å². The number of nitrogens with one attached hydrogen (secondary N) is 1. The van der Waals surface area contributed by atoms with Gasteiger partial charge in [0, 0.05) is 31.3 Å². The highest BCUT2D eigenvalue weighted by Gasteiger charge is 2.27. The van der Waals surface area contributed by atoms with Crippen molar-refractivity contribution in [3.8, 4) is 0 Å². The zero-order valence-corrected chi connectivity index (χ0v) is 12.7. The number of benzene rings is 1. The lowest BCUT2D eigenvalue weighted by atomic mass is 10.00. The molecule has 0 aromatic heterocycles. The second-order valence-corrected chi connectivity index (χ2v) is 7.10. The minimum absolute atomic E-state index is 0.126. The molecule has 0 aliphatic carbocycles. The first-order valence-corrected chi connectivity index (χ1v) is 8.43. The Hall–Kier alpha value is -0.660. The maximum absolute atomic E-state index is 12.2. The van der Waals surface area contributed by atoms with Crippen LogP contribution in [0.15, 0.2) is 24.3 Å². The Kier molecular flexibility index (Phi) is 5.40. The van der Waals surface area contributed by atoms with E-state index >= 15 is 0 Å². The third-order valence-electron chi connectivity index (χ3n) is 3.57. The highest BCUT2D eigenvalue weighted by Crippen LogP contribution is 2.19. The maximum atomic E-state index is 12.2. The van der Waals surface area contributed by atoms with Crippen LogP contribution in [0.5, 0.6) is 0 Å². The van der Waals surface area contributed by atoms with E-state index in [0.717, 1.165) is 5.56 Å². The molecule has 1 saturated heterocycles. The molecular weight excluding hydrogens is 300 g/mol. The summed E-state index contributed by atoms with van der Waals surface area (Å²) in [5, 5.41) is 9.61. The number of piperidine rings is 1. The fraction of sp³-hybridized carbons (Fsp3) is 0.538. The van der Waals surface area contributed by atoms with E-state index in [1.165, 1.54) is 4.31 Å². The molecule has 2 N–H and O–H groups in total. The van der Waals surface area contributed by atoms with Gasteiger partial charge in [-0.1, -0.05) is 29.8 Å². The molecule has 0 saturated carbocycles. The predicted octanol–water partition coefficient (Wildman–Crippen LogP) is 1.38. The molecular formula is C13H19ClN2O3S. The van der Waals surface area contributed by atoms with Crippen LogP contribution < -0.4 is 4.72 Å². The van der Waals surface area contributed by atoms with Crippen molar-refractivity contribution >= 4 is 21.8 Å². The summed E-state index contributed by atoms with van der Waals surface area (Å²) in [6.07, 6.45) is 1.40. The van der Waals surface area contributed by atoms with E-state index < -0.39 is 10.2 Å². The summed E-state index contributed by atoms with van der Waals surface area (Å²) in [6, 6.07) is 7.16. The van der Waals surface area contributed by atoms with Crippen molar-refractivity contribution in [3.63, 3.8) is 0 Å². The van der Waals surface area contributed by atoms with Crippen LogP contribution in [-0.2, 0) is 16.8 Å². The normalized spacial score (nSPS) is 18.3. The van der Waals surface area contributed by atoms with Gasteiger partial charge < -0.3 is 5.11 Å². The van der Waals surface area contributed by atoms with Crippen LogP contribution in [0.25, 0.3) is 0 Å². The fourth-order valence-corrected chi connectivity index (χ4v) is 3.65. The van der Waals surface area contributed by atoms with Crippen LogP contribution in [0.1, 0.15) is 18.4 Å². The number of aliphatic hydroxyl groups excluding tert-OH is 1. The van der Waals surface area contributed by atoms with E-state index in [0.29, 0.717) is 31.0 Å². The SMILES string of the molecule is O=S(=O)(NCc1ccccc1Cl)N1CCC(CO)CC1. The molecule has 0 unspecified atom stereocenters. The minimum atomic E-state index is -3.49. The molecule has 1 aromatic carbocycles. The molecule has 0 atom stereocenters. The van der Waals surface area contributed by atoms with Gasteiger partial charge in [-0.15, -0.1) is 0 Å². The zero-order chi connectivity index (χ0) is 14.6. The number of aliphatic hydroxyl groups is 1. The monoisotopic (exact) mass is 318 g/mol. The van der Waals surface area contributed by atoms with Crippen LogP contribution in [0.2, 0.25) is 5.02 Å². The molecule has 20 heavy (non-hydrogen) atoms. The van der Waals surface area contributed by atoms with Gasteiger partial charge in [-0.05, 0) is 30.4 Å². The Balaban J connectivity index is 1.93. The second kappa shape index (κ2) is 6.87. The summed E-state index contributed by atoms with van der Waals surface area (Å²) in [4.78, 5) is 0. The number of hydrogen-bond acceptors (Lipinski definition) is 3. The van der Waals surface area contributed by atoms with Crippen molar-refractivity contribution in [3.05, 3.63) is 34.9 Å². The van der Waals surface area contributed by atoms with Gasteiger partial charge in [0.2, 0.25) is 0 Å². The molecule has 5 nitrogen and oxygen atoms in total. The highest BCUT2D eigenvalue weighted by atomic mass is 35.5. The summed E-state index contributed by atoms with van der Waals surface area (Å²) in [5.41, 5.74) is 0.753. The standard InChI is InChI=1S/C13H19ClN2O3S/c14-13-4-2-1-3-12(13)9-15-20(18,19)16-7-5-11(10-17)6-8-16/h1-4,11,15,17H,5-10H2. The lowest BCUT2D eigenvalue weighted by molar-refractivity contribution is 0.169. The topological polar surface area (TPSA) is 69.6 Å². The molecule has 1 aliphatic heterocycles. The Morgan fingerprint density at radius 3 is 2.55 bits per heavy atom. The molecule has 7 heteroatoms. The summed E-state index contributed by atoms with van der Waals surface area (Å²) in [5.74, 6) is 0.213. The lowest BCUT2D eigenvalue weighted by Gasteiger charge is -2.30. The Morgan fingerprint density at radius 2 is 1.95 bits per heavy atom. The van der Waals surface area contributed by atoms with Gasteiger partial charge in [-0.25, -0.2) is 0 Å². The van der Waals surface area contributed by atoms with Crippen LogP contribution in [0.3, 0.4) is 0 Å². The first kappa shape index (κ1) is 15.7. The largest absolute Gasteiger partial charge is 0.396 e. The van der Waals surface area contributed by atoms with Crippen molar-refractivity contribution < 1.29 is 13.5 Å². The van der Waals surface area contributed by atoms with Gasteiger partial charge in [0.1, 0.15) is 0 Å². The van der Waals surface area contributed by atoms with E-state index in [4.69, 9.17) is 16.7 Å². The fourth-order valence-electron chi connectivity index (χ4n) is 2.23. The number of hydrogen-bond donors (Lipinski definition) is 2. The van der Waals surface area contributed by atoms with Crippen LogP contribution in [0, 0.1) is 5.92 Å². The van der Waals surface area contributed by atoms with E-state index in [9.17, 15) is 8.42 Å². The smallest absolute Gasteiger partial charge is 0.279 e. The molecule has 1 heterocycles. The Labute approximate surface area is 124 Å². The quantitative estimate of drug-likeness (QED) is 0.861.